The highest BCUT2D eigenvalue weighted by Crippen LogP contribution is 2.32. The standard InChI is InChI=1S/C19H24N2O2/c1-20-17-5-3-2-4-15(17)12-18(20)16-6-9-21(13-16)19(22)14-7-10-23-11-8-14/h2-5,12,14,16H,6-11,13H2,1H3. The van der Waals surface area contributed by atoms with E-state index in [1.165, 1.54) is 16.6 Å². The maximum Gasteiger partial charge on any atom is 0.225 e. The Morgan fingerprint density at radius 1 is 1.17 bits per heavy atom. The number of carbonyl (C=O) groups excluding carboxylic acids is 1. The summed E-state index contributed by atoms with van der Waals surface area (Å²) in [5.41, 5.74) is 2.63. The highest BCUT2D eigenvalue weighted by molar-refractivity contribution is 5.82. The number of benzene rings is 1. The highest BCUT2D eigenvalue weighted by atomic mass is 16.5. The van der Waals surface area contributed by atoms with E-state index in [-0.39, 0.29) is 5.92 Å². The number of aromatic nitrogens is 1. The monoisotopic (exact) mass is 312 g/mol. The number of para-hydroxylation sites is 1. The van der Waals surface area contributed by atoms with Crippen molar-refractivity contribution in [3.8, 4) is 0 Å². The summed E-state index contributed by atoms with van der Waals surface area (Å²) in [5, 5.41) is 1.29. The summed E-state index contributed by atoms with van der Waals surface area (Å²) in [7, 11) is 2.14. The predicted octanol–water partition coefficient (Wildman–Crippen LogP) is 2.92. The lowest BCUT2D eigenvalue weighted by molar-refractivity contribution is -0.137. The van der Waals surface area contributed by atoms with Gasteiger partial charge in [-0.1, -0.05) is 18.2 Å². The summed E-state index contributed by atoms with van der Waals surface area (Å²) in [6.45, 7) is 3.22. The van der Waals surface area contributed by atoms with Gasteiger partial charge in [-0.15, -0.1) is 0 Å². The molecule has 0 saturated carbocycles. The van der Waals surface area contributed by atoms with E-state index in [0.717, 1.165) is 45.6 Å². The first-order valence-electron chi connectivity index (χ1n) is 8.65. The lowest BCUT2D eigenvalue weighted by Gasteiger charge is -2.26. The fraction of sp³-hybridized carbons (Fsp3) is 0.526. The number of hydrogen-bond acceptors (Lipinski definition) is 2. The Balaban J connectivity index is 1.51. The maximum absolute atomic E-state index is 12.7. The van der Waals surface area contributed by atoms with Crippen molar-refractivity contribution in [2.24, 2.45) is 13.0 Å². The summed E-state index contributed by atoms with van der Waals surface area (Å²) in [6.07, 6.45) is 2.83. The molecule has 0 bridgehead atoms. The minimum atomic E-state index is 0.176. The van der Waals surface area contributed by atoms with Gasteiger partial charge in [-0.25, -0.2) is 0 Å². The molecule has 2 saturated heterocycles. The predicted molar refractivity (Wildman–Crippen MR) is 90.4 cm³/mol. The quantitative estimate of drug-likeness (QED) is 0.854. The van der Waals surface area contributed by atoms with Gasteiger partial charge in [0.1, 0.15) is 0 Å². The maximum atomic E-state index is 12.7. The van der Waals surface area contributed by atoms with Gasteiger partial charge in [0.05, 0.1) is 0 Å². The van der Waals surface area contributed by atoms with Crippen LogP contribution in [0, 0.1) is 5.92 Å². The zero-order valence-electron chi connectivity index (χ0n) is 13.7. The molecule has 4 rings (SSSR count). The second kappa shape index (κ2) is 6.00. The average molecular weight is 312 g/mol. The van der Waals surface area contributed by atoms with Crippen LogP contribution in [0.4, 0.5) is 0 Å². The van der Waals surface area contributed by atoms with Crippen LogP contribution < -0.4 is 0 Å². The largest absolute Gasteiger partial charge is 0.381 e. The van der Waals surface area contributed by atoms with Crippen molar-refractivity contribution >= 4 is 16.8 Å². The second-order valence-electron chi connectivity index (χ2n) is 6.84. The van der Waals surface area contributed by atoms with Crippen LogP contribution in [0.15, 0.2) is 30.3 Å². The van der Waals surface area contributed by atoms with Gasteiger partial charge in [0.25, 0.3) is 0 Å². The molecular formula is C19H24N2O2. The molecule has 1 atom stereocenters. The van der Waals surface area contributed by atoms with Crippen molar-refractivity contribution in [2.45, 2.75) is 25.2 Å². The van der Waals surface area contributed by atoms with Crippen molar-refractivity contribution in [3.63, 3.8) is 0 Å². The number of amides is 1. The van der Waals surface area contributed by atoms with E-state index in [2.05, 4.69) is 46.8 Å². The van der Waals surface area contributed by atoms with Crippen LogP contribution in [-0.2, 0) is 16.6 Å². The third-order valence-corrected chi connectivity index (χ3v) is 5.48. The molecule has 1 aromatic carbocycles. The molecule has 3 heterocycles. The summed E-state index contributed by atoms with van der Waals surface area (Å²) in [6, 6.07) is 10.8. The van der Waals surface area contributed by atoms with E-state index in [1.807, 2.05) is 0 Å². The topological polar surface area (TPSA) is 34.5 Å². The molecule has 2 aliphatic heterocycles. The normalized spacial score (nSPS) is 22.8. The summed E-state index contributed by atoms with van der Waals surface area (Å²) in [5.74, 6) is 0.973. The molecule has 4 nitrogen and oxygen atoms in total. The molecule has 2 aromatic rings. The molecule has 4 heteroatoms. The zero-order valence-corrected chi connectivity index (χ0v) is 13.7. The molecule has 23 heavy (non-hydrogen) atoms. The number of ether oxygens (including phenoxy) is 1. The first-order valence-corrected chi connectivity index (χ1v) is 8.65. The molecule has 0 aliphatic carbocycles. The number of nitrogens with zero attached hydrogens (tertiary/aromatic N) is 2. The van der Waals surface area contributed by atoms with Crippen LogP contribution >= 0.6 is 0 Å². The van der Waals surface area contributed by atoms with Gasteiger partial charge in [-0.05, 0) is 36.8 Å². The number of hydrogen-bond donors (Lipinski definition) is 0. The summed E-state index contributed by atoms with van der Waals surface area (Å²) < 4.78 is 7.67. The van der Waals surface area contributed by atoms with E-state index in [1.54, 1.807) is 0 Å². The SMILES string of the molecule is Cn1c(C2CCN(C(=O)C3CCOCC3)C2)cc2ccccc21. The molecule has 0 spiro atoms. The fourth-order valence-corrected chi connectivity index (χ4v) is 4.11. The number of aryl methyl sites for hydroxylation is 1. The van der Waals surface area contributed by atoms with E-state index < -0.39 is 0 Å². The number of carbonyl (C=O) groups is 1. The molecule has 0 N–H and O–H groups in total. The lowest BCUT2D eigenvalue weighted by atomic mass is 9.99. The third-order valence-electron chi connectivity index (χ3n) is 5.48. The first kappa shape index (κ1) is 14.8. The van der Waals surface area contributed by atoms with Crippen molar-refractivity contribution < 1.29 is 9.53 Å². The summed E-state index contributed by atoms with van der Waals surface area (Å²) in [4.78, 5) is 14.8. The van der Waals surface area contributed by atoms with Crippen LogP contribution in [0.2, 0.25) is 0 Å². The highest BCUT2D eigenvalue weighted by Gasteiger charge is 2.33. The van der Waals surface area contributed by atoms with Gasteiger partial charge >= 0.3 is 0 Å². The van der Waals surface area contributed by atoms with E-state index in [0.29, 0.717) is 11.8 Å². The van der Waals surface area contributed by atoms with Crippen LogP contribution in [0.1, 0.15) is 30.9 Å². The van der Waals surface area contributed by atoms with Gasteiger partial charge in [0.15, 0.2) is 0 Å². The van der Waals surface area contributed by atoms with Crippen LogP contribution in [0.25, 0.3) is 10.9 Å². The fourth-order valence-electron chi connectivity index (χ4n) is 4.11. The molecule has 1 unspecified atom stereocenters. The smallest absolute Gasteiger partial charge is 0.225 e. The molecule has 1 aromatic heterocycles. The van der Waals surface area contributed by atoms with Gasteiger partial charge < -0.3 is 14.2 Å². The van der Waals surface area contributed by atoms with Gasteiger partial charge in [0.2, 0.25) is 5.91 Å². The lowest BCUT2D eigenvalue weighted by Crippen LogP contribution is -2.37. The number of likely N-dealkylation sites (tertiary alicyclic amines) is 1. The van der Waals surface area contributed by atoms with Crippen LogP contribution in [-0.4, -0.2) is 41.7 Å². The number of fused-ring (bicyclic) bond motifs is 1. The van der Waals surface area contributed by atoms with Crippen LogP contribution in [0.5, 0.6) is 0 Å². The van der Waals surface area contributed by atoms with Crippen molar-refractivity contribution in [1.29, 1.82) is 0 Å². The Labute approximate surface area is 137 Å². The minimum Gasteiger partial charge on any atom is -0.381 e. The van der Waals surface area contributed by atoms with Crippen LogP contribution in [0.3, 0.4) is 0 Å². The Hall–Kier alpha value is -1.81. The first-order chi connectivity index (χ1) is 11.2. The third kappa shape index (κ3) is 2.65. The second-order valence-corrected chi connectivity index (χ2v) is 6.84. The van der Waals surface area contributed by atoms with E-state index >= 15 is 0 Å². The van der Waals surface area contributed by atoms with Crippen molar-refractivity contribution in [3.05, 3.63) is 36.0 Å². The van der Waals surface area contributed by atoms with Gasteiger partial charge in [0, 0.05) is 56.4 Å². The van der Waals surface area contributed by atoms with Gasteiger partial charge in [-0.3, -0.25) is 4.79 Å². The Morgan fingerprint density at radius 3 is 2.74 bits per heavy atom. The van der Waals surface area contributed by atoms with E-state index in [4.69, 9.17) is 4.74 Å². The molecule has 1 amide bonds. The average Bonchev–Trinajstić information content (AvgIpc) is 3.20. The Kier molecular flexibility index (Phi) is 3.85. The summed E-state index contributed by atoms with van der Waals surface area (Å²) >= 11 is 0. The minimum absolute atomic E-state index is 0.176. The van der Waals surface area contributed by atoms with Gasteiger partial charge in [-0.2, -0.15) is 0 Å². The Morgan fingerprint density at radius 2 is 1.96 bits per heavy atom. The molecule has 2 aliphatic rings. The zero-order chi connectivity index (χ0) is 15.8. The number of rotatable bonds is 2. The molecular weight excluding hydrogens is 288 g/mol. The van der Waals surface area contributed by atoms with Crippen molar-refractivity contribution in [2.75, 3.05) is 26.3 Å². The molecule has 122 valence electrons. The molecule has 0 radical (unpaired) electrons. The van der Waals surface area contributed by atoms with E-state index in [9.17, 15) is 4.79 Å². The molecule has 2 fully saturated rings. The Bertz CT molecular complexity index is 715. The van der Waals surface area contributed by atoms with Crippen molar-refractivity contribution in [1.82, 2.24) is 9.47 Å².